The van der Waals surface area contributed by atoms with Crippen LogP contribution in [-0.4, -0.2) is 35.4 Å². The SMILES string of the molecule is CCN(CC)CCCc1ccc2[nH]c(/C=C3/C(=O)Nc4ccccc43)cc2c1. The summed E-state index contributed by atoms with van der Waals surface area (Å²) in [4.78, 5) is 18.2. The number of para-hydroxylation sites is 1. The van der Waals surface area contributed by atoms with E-state index in [1.807, 2.05) is 30.3 Å². The molecular formula is C24H27N3O. The molecule has 1 aliphatic rings. The Kier molecular flexibility index (Phi) is 5.31. The molecule has 4 heteroatoms. The molecule has 0 fully saturated rings. The number of hydrogen-bond acceptors (Lipinski definition) is 2. The molecule has 1 amide bonds. The van der Waals surface area contributed by atoms with E-state index in [1.54, 1.807) is 0 Å². The van der Waals surface area contributed by atoms with E-state index in [4.69, 9.17) is 0 Å². The van der Waals surface area contributed by atoms with E-state index in [9.17, 15) is 4.79 Å². The average molecular weight is 374 g/mol. The Bertz CT molecular complexity index is 1030. The summed E-state index contributed by atoms with van der Waals surface area (Å²) < 4.78 is 0. The molecule has 2 N–H and O–H groups in total. The summed E-state index contributed by atoms with van der Waals surface area (Å²) in [6.07, 6.45) is 4.20. The first-order chi connectivity index (χ1) is 13.7. The van der Waals surface area contributed by atoms with Crippen molar-refractivity contribution in [3.05, 3.63) is 65.4 Å². The van der Waals surface area contributed by atoms with E-state index in [-0.39, 0.29) is 5.91 Å². The smallest absolute Gasteiger partial charge is 0.256 e. The zero-order chi connectivity index (χ0) is 19.5. The Balaban J connectivity index is 1.53. The summed E-state index contributed by atoms with van der Waals surface area (Å²) in [6, 6.07) is 16.6. The maximum absolute atomic E-state index is 12.3. The van der Waals surface area contributed by atoms with Crippen molar-refractivity contribution in [3.8, 4) is 0 Å². The average Bonchev–Trinajstić information content (AvgIpc) is 3.25. The molecule has 144 valence electrons. The molecule has 0 aliphatic carbocycles. The Morgan fingerprint density at radius 2 is 1.86 bits per heavy atom. The van der Waals surface area contributed by atoms with E-state index in [0.717, 1.165) is 48.5 Å². The fourth-order valence-corrected chi connectivity index (χ4v) is 3.92. The van der Waals surface area contributed by atoms with Crippen molar-refractivity contribution in [2.45, 2.75) is 26.7 Å². The molecule has 1 aliphatic heterocycles. The number of rotatable bonds is 7. The highest BCUT2D eigenvalue weighted by Gasteiger charge is 2.23. The maximum Gasteiger partial charge on any atom is 0.256 e. The van der Waals surface area contributed by atoms with Crippen molar-refractivity contribution in [2.75, 3.05) is 25.0 Å². The third kappa shape index (κ3) is 3.73. The quantitative estimate of drug-likeness (QED) is 0.577. The Morgan fingerprint density at radius 3 is 2.68 bits per heavy atom. The number of carbonyl (C=O) groups excluding carboxylic acids is 1. The lowest BCUT2D eigenvalue weighted by Crippen LogP contribution is -2.24. The number of fused-ring (bicyclic) bond motifs is 2. The predicted octanol–water partition coefficient (Wildman–Crippen LogP) is 4.94. The van der Waals surface area contributed by atoms with Gasteiger partial charge < -0.3 is 15.2 Å². The van der Waals surface area contributed by atoms with Crippen molar-refractivity contribution in [1.29, 1.82) is 0 Å². The van der Waals surface area contributed by atoms with Crippen LogP contribution < -0.4 is 5.32 Å². The highest BCUT2D eigenvalue weighted by Crippen LogP contribution is 2.33. The van der Waals surface area contributed by atoms with Gasteiger partial charge in [-0.25, -0.2) is 0 Å². The summed E-state index contributed by atoms with van der Waals surface area (Å²) in [5, 5.41) is 4.12. The van der Waals surface area contributed by atoms with Gasteiger partial charge in [-0.05, 0) is 68.4 Å². The number of aromatic amines is 1. The number of carbonyl (C=O) groups is 1. The molecule has 0 atom stereocenters. The summed E-state index contributed by atoms with van der Waals surface area (Å²) in [6.45, 7) is 7.80. The van der Waals surface area contributed by atoms with Crippen LogP contribution in [0.3, 0.4) is 0 Å². The molecule has 4 rings (SSSR count). The zero-order valence-electron chi connectivity index (χ0n) is 16.6. The van der Waals surface area contributed by atoms with Crippen LogP contribution in [0.5, 0.6) is 0 Å². The molecule has 0 unspecified atom stereocenters. The van der Waals surface area contributed by atoms with Gasteiger partial charge in [0.15, 0.2) is 0 Å². The number of aromatic nitrogens is 1. The van der Waals surface area contributed by atoms with Crippen LogP contribution in [0, 0.1) is 0 Å². The first kappa shape index (κ1) is 18.5. The minimum absolute atomic E-state index is 0.0445. The largest absolute Gasteiger partial charge is 0.355 e. The van der Waals surface area contributed by atoms with E-state index < -0.39 is 0 Å². The number of amides is 1. The van der Waals surface area contributed by atoms with Crippen LogP contribution in [0.1, 0.15) is 37.1 Å². The molecule has 0 spiro atoms. The van der Waals surface area contributed by atoms with Crippen LogP contribution in [0.15, 0.2) is 48.5 Å². The van der Waals surface area contributed by atoms with Crippen molar-refractivity contribution >= 4 is 34.1 Å². The van der Waals surface area contributed by atoms with Gasteiger partial charge in [-0.3, -0.25) is 4.79 Å². The molecule has 1 aromatic heterocycles. The molecule has 28 heavy (non-hydrogen) atoms. The van der Waals surface area contributed by atoms with Gasteiger partial charge in [0, 0.05) is 27.8 Å². The second-order valence-corrected chi connectivity index (χ2v) is 7.33. The van der Waals surface area contributed by atoms with Gasteiger partial charge in [0.2, 0.25) is 0 Å². The molecule has 0 saturated carbocycles. The van der Waals surface area contributed by atoms with E-state index in [1.165, 1.54) is 17.4 Å². The lowest BCUT2D eigenvalue weighted by atomic mass is 10.1. The van der Waals surface area contributed by atoms with Gasteiger partial charge >= 0.3 is 0 Å². The molecule has 0 saturated heterocycles. The number of anilines is 1. The minimum atomic E-state index is -0.0445. The molecular weight excluding hydrogens is 346 g/mol. The summed E-state index contributed by atoms with van der Waals surface area (Å²) >= 11 is 0. The second kappa shape index (κ2) is 8.03. The number of nitrogens with one attached hydrogen (secondary N) is 2. The third-order valence-corrected chi connectivity index (χ3v) is 5.55. The van der Waals surface area contributed by atoms with Crippen LogP contribution in [0.2, 0.25) is 0 Å². The van der Waals surface area contributed by atoms with Crippen LogP contribution >= 0.6 is 0 Å². The second-order valence-electron chi connectivity index (χ2n) is 7.33. The molecule has 2 heterocycles. The molecule has 0 bridgehead atoms. The molecule has 3 aromatic rings. The van der Waals surface area contributed by atoms with Crippen LogP contribution in [-0.2, 0) is 11.2 Å². The topological polar surface area (TPSA) is 48.1 Å². The van der Waals surface area contributed by atoms with Gasteiger partial charge in [-0.2, -0.15) is 0 Å². The highest BCUT2D eigenvalue weighted by atomic mass is 16.2. The van der Waals surface area contributed by atoms with Crippen molar-refractivity contribution in [3.63, 3.8) is 0 Å². The lowest BCUT2D eigenvalue weighted by Gasteiger charge is -2.17. The lowest BCUT2D eigenvalue weighted by molar-refractivity contribution is -0.110. The predicted molar refractivity (Wildman–Crippen MR) is 117 cm³/mol. The summed E-state index contributed by atoms with van der Waals surface area (Å²) in [5.41, 5.74) is 5.97. The third-order valence-electron chi connectivity index (χ3n) is 5.55. The maximum atomic E-state index is 12.3. The van der Waals surface area contributed by atoms with Crippen molar-refractivity contribution < 1.29 is 4.79 Å². The van der Waals surface area contributed by atoms with Crippen LogP contribution in [0.4, 0.5) is 5.69 Å². The van der Waals surface area contributed by atoms with Crippen molar-refractivity contribution in [1.82, 2.24) is 9.88 Å². The van der Waals surface area contributed by atoms with E-state index in [2.05, 4.69) is 53.3 Å². The number of aryl methyl sites for hydroxylation is 1. The van der Waals surface area contributed by atoms with Crippen LogP contribution in [0.25, 0.3) is 22.6 Å². The summed E-state index contributed by atoms with van der Waals surface area (Å²) in [5.74, 6) is -0.0445. The van der Waals surface area contributed by atoms with E-state index in [0.29, 0.717) is 5.57 Å². The Labute approximate surface area is 166 Å². The van der Waals surface area contributed by atoms with Crippen molar-refractivity contribution in [2.24, 2.45) is 0 Å². The van der Waals surface area contributed by atoms with Gasteiger partial charge in [0.1, 0.15) is 0 Å². The first-order valence-corrected chi connectivity index (χ1v) is 10.1. The minimum Gasteiger partial charge on any atom is -0.355 e. The first-order valence-electron chi connectivity index (χ1n) is 10.1. The fraction of sp³-hybridized carbons (Fsp3) is 0.292. The summed E-state index contributed by atoms with van der Waals surface area (Å²) in [7, 11) is 0. The fourth-order valence-electron chi connectivity index (χ4n) is 3.92. The van der Waals surface area contributed by atoms with Gasteiger partial charge in [0.25, 0.3) is 5.91 Å². The number of benzene rings is 2. The van der Waals surface area contributed by atoms with E-state index >= 15 is 0 Å². The molecule has 4 nitrogen and oxygen atoms in total. The standard InChI is InChI=1S/C24H27N3O/c1-3-27(4-2)13-7-8-17-11-12-22-18(14-17)15-19(25-22)16-21-20-9-5-6-10-23(20)26-24(21)28/h5-6,9-12,14-16,25H,3-4,7-8,13H2,1-2H3,(H,26,28)/b21-16+. The number of hydrogen-bond donors (Lipinski definition) is 2. The van der Waals surface area contributed by atoms with Gasteiger partial charge in [0.05, 0.1) is 5.57 Å². The van der Waals surface area contributed by atoms with Gasteiger partial charge in [-0.1, -0.05) is 38.1 Å². The monoisotopic (exact) mass is 373 g/mol. The Morgan fingerprint density at radius 1 is 1.04 bits per heavy atom. The zero-order valence-corrected chi connectivity index (χ0v) is 16.6. The number of nitrogens with zero attached hydrogens (tertiary/aromatic N) is 1. The molecule has 2 aromatic carbocycles. The Hall–Kier alpha value is -2.85. The highest BCUT2D eigenvalue weighted by molar-refractivity contribution is 6.34. The molecule has 0 radical (unpaired) electrons. The number of H-pyrrole nitrogens is 1. The normalized spacial score (nSPS) is 14.8. The van der Waals surface area contributed by atoms with Gasteiger partial charge in [-0.15, -0.1) is 0 Å².